The van der Waals surface area contributed by atoms with Crippen LogP contribution in [-0.4, -0.2) is 15.3 Å². The van der Waals surface area contributed by atoms with Gasteiger partial charge in [-0.1, -0.05) is 16.4 Å². The third-order valence-electron chi connectivity index (χ3n) is 1.86. The minimum absolute atomic E-state index is 0.432. The molecule has 0 saturated carbocycles. The first-order valence-corrected chi connectivity index (χ1v) is 5.09. The van der Waals surface area contributed by atoms with Gasteiger partial charge in [0.25, 0.3) is 0 Å². The first-order chi connectivity index (χ1) is 7.43. The molecular weight excluding hydrogens is 214 g/mol. The van der Waals surface area contributed by atoms with Crippen LogP contribution in [0.1, 0.15) is 0 Å². The zero-order valence-electron chi connectivity index (χ0n) is 7.45. The van der Waals surface area contributed by atoms with Crippen molar-refractivity contribution in [3.05, 3.63) is 30.0 Å². The summed E-state index contributed by atoms with van der Waals surface area (Å²) < 4.78 is 9.80. The van der Waals surface area contributed by atoms with Crippen molar-refractivity contribution in [1.82, 2.24) is 15.3 Å². The van der Waals surface area contributed by atoms with Crippen molar-refractivity contribution in [2.24, 2.45) is 0 Å². The minimum atomic E-state index is 0.432. The number of hydrogen-bond donors (Lipinski definition) is 0. The maximum atomic E-state index is 5.17. The molecule has 3 aromatic heterocycles. The molecule has 0 amide bonds. The van der Waals surface area contributed by atoms with E-state index < -0.39 is 0 Å². The zero-order valence-corrected chi connectivity index (χ0v) is 8.27. The van der Waals surface area contributed by atoms with Gasteiger partial charge in [-0.2, -0.15) is 4.98 Å². The van der Waals surface area contributed by atoms with Crippen LogP contribution < -0.4 is 0 Å². The summed E-state index contributed by atoms with van der Waals surface area (Å²) >= 11 is 1.59. The second-order valence-electron chi connectivity index (χ2n) is 2.81. The maximum absolute atomic E-state index is 5.17. The van der Waals surface area contributed by atoms with Crippen LogP contribution in [0.15, 0.2) is 39.0 Å². The Hall–Kier alpha value is -1.95. The molecule has 15 heavy (non-hydrogen) atoms. The van der Waals surface area contributed by atoms with E-state index in [1.54, 1.807) is 17.4 Å². The van der Waals surface area contributed by atoms with Gasteiger partial charge in [0.15, 0.2) is 11.5 Å². The summed E-state index contributed by atoms with van der Waals surface area (Å²) in [5, 5.41) is 9.52. The van der Waals surface area contributed by atoms with Crippen LogP contribution in [0.4, 0.5) is 0 Å². The molecule has 3 heterocycles. The lowest BCUT2D eigenvalue weighted by atomic mass is 10.3. The Labute approximate surface area is 88.3 Å². The minimum Gasteiger partial charge on any atom is -0.355 e. The van der Waals surface area contributed by atoms with Crippen LogP contribution >= 0.6 is 11.3 Å². The summed E-state index contributed by atoms with van der Waals surface area (Å²) in [5.41, 5.74) is 0.576. The summed E-state index contributed by atoms with van der Waals surface area (Å²) in [7, 11) is 0. The van der Waals surface area contributed by atoms with Crippen molar-refractivity contribution >= 4 is 11.3 Å². The van der Waals surface area contributed by atoms with E-state index in [9.17, 15) is 0 Å². The molecule has 0 aliphatic rings. The fourth-order valence-corrected chi connectivity index (χ4v) is 1.87. The van der Waals surface area contributed by atoms with E-state index in [1.807, 2.05) is 17.5 Å². The molecule has 0 aliphatic carbocycles. The average molecular weight is 219 g/mol. The van der Waals surface area contributed by atoms with Gasteiger partial charge in [-0.05, 0) is 11.4 Å². The number of thiophene rings is 1. The summed E-state index contributed by atoms with van der Waals surface area (Å²) in [6.45, 7) is 0. The van der Waals surface area contributed by atoms with E-state index in [1.165, 1.54) is 6.39 Å². The van der Waals surface area contributed by atoms with Crippen LogP contribution in [0, 0.1) is 0 Å². The maximum Gasteiger partial charge on any atom is 0.224 e. The Morgan fingerprint density at radius 2 is 2.27 bits per heavy atom. The number of aromatic nitrogens is 3. The van der Waals surface area contributed by atoms with Crippen molar-refractivity contribution in [2.75, 3.05) is 0 Å². The van der Waals surface area contributed by atoms with Crippen molar-refractivity contribution in [3.8, 4) is 22.2 Å². The van der Waals surface area contributed by atoms with E-state index >= 15 is 0 Å². The quantitative estimate of drug-likeness (QED) is 0.662. The first-order valence-electron chi connectivity index (χ1n) is 4.21. The second kappa shape index (κ2) is 3.32. The molecule has 6 heteroatoms. The molecule has 0 fully saturated rings. The Kier molecular flexibility index (Phi) is 1.85. The Balaban J connectivity index is 2.02. The Morgan fingerprint density at radius 3 is 3.00 bits per heavy atom. The molecule has 0 bridgehead atoms. The van der Waals surface area contributed by atoms with E-state index in [4.69, 9.17) is 4.52 Å². The standard InChI is InChI=1S/C9H5N3O2S/c1-2-8(15-3-1)7-4-6(11-14-7)9-10-5-13-12-9/h1-5H. The molecule has 3 rings (SSSR count). The fourth-order valence-electron chi connectivity index (χ4n) is 1.20. The van der Waals surface area contributed by atoms with Crippen molar-refractivity contribution in [2.45, 2.75) is 0 Å². The smallest absolute Gasteiger partial charge is 0.224 e. The molecule has 0 unspecified atom stereocenters. The molecule has 0 radical (unpaired) electrons. The molecule has 0 saturated heterocycles. The molecule has 74 valence electrons. The highest BCUT2D eigenvalue weighted by molar-refractivity contribution is 7.13. The number of hydrogen-bond acceptors (Lipinski definition) is 6. The van der Waals surface area contributed by atoms with Gasteiger partial charge in [0.1, 0.15) is 0 Å². The van der Waals surface area contributed by atoms with Gasteiger partial charge >= 0.3 is 0 Å². The SMILES string of the molecule is c1csc(-c2cc(-c3ncon3)no2)c1. The molecule has 0 atom stereocenters. The predicted molar refractivity (Wildman–Crippen MR) is 53.1 cm³/mol. The molecule has 0 N–H and O–H groups in total. The van der Waals surface area contributed by atoms with Gasteiger partial charge < -0.3 is 9.05 Å². The van der Waals surface area contributed by atoms with E-state index in [0.29, 0.717) is 17.3 Å². The first kappa shape index (κ1) is 8.37. The monoisotopic (exact) mass is 219 g/mol. The van der Waals surface area contributed by atoms with E-state index in [-0.39, 0.29) is 0 Å². The third-order valence-corrected chi connectivity index (χ3v) is 2.75. The Morgan fingerprint density at radius 1 is 1.27 bits per heavy atom. The van der Waals surface area contributed by atoms with Gasteiger partial charge in [0.2, 0.25) is 12.2 Å². The highest BCUT2D eigenvalue weighted by Crippen LogP contribution is 2.27. The highest BCUT2D eigenvalue weighted by Gasteiger charge is 2.11. The molecule has 5 nitrogen and oxygen atoms in total. The number of nitrogens with zero attached hydrogens (tertiary/aromatic N) is 3. The van der Waals surface area contributed by atoms with Gasteiger partial charge in [-0.25, -0.2) is 0 Å². The molecular formula is C9H5N3O2S. The van der Waals surface area contributed by atoms with Crippen LogP contribution in [0.5, 0.6) is 0 Å². The largest absolute Gasteiger partial charge is 0.355 e. The van der Waals surface area contributed by atoms with Crippen molar-refractivity contribution in [1.29, 1.82) is 0 Å². The van der Waals surface area contributed by atoms with Crippen LogP contribution in [0.3, 0.4) is 0 Å². The van der Waals surface area contributed by atoms with Gasteiger partial charge in [-0.15, -0.1) is 11.3 Å². The fraction of sp³-hybridized carbons (Fsp3) is 0. The van der Waals surface area contributed by atoms with Crippen molar-refractivity contribution in [3.63, 3.8) is 0 Å². The van der Waals surface area contributed by atoms with E-state index in [2.05, 4.69) is 19.8 Å². The van der Waals surface area contributed by atoms with Crippen LogP contribution in [0.25, 0.3) is 22.2 Å². The number of rotatable bonds is 2. The van der Waals surface area contributed by atoms with E-state index in [0.717, 1.165) is 4.88 Å². The third kappa shape index (κ3) is 1.44. The normalized spacial score (nSPS) is 10.7. The molecule has 0 aromatic carbocycles. The summed E-state index contributed by atoms with van der Waals surface area (Å²) in [6.07, 6.45) is 1.26. The lowest BCUT2D eigenvalue weighted by Crippen LogP contribution is -1.77. The second-order valence-corrected chi connectivity index (χ2v) is 3.76. The van der Waals surface area contributed by atoms with Gasteiger partial charge in [-0.3, -0.25) is 0 Å². The molecule has 0 spiro atoms. The average Bonchev–Trinajstić information content (AvgIpc) is 3.02. The molecule has 0 aliphatic heterocycles. The lowest BCUT2D eigenvalue weighted by molar-refractivity contribution is 0.415. The summed E-state index contributed by atoms with van der Waals surface area (Å²) in [4.78, 5) is 4.91. The topological polar surface area (TPSA) is 65.0 Å². The Bertz CT molecular complexity index is 493. The zero-order chi connectivity index (χ0) is 10.1. The van der Waals surface area contributed by atoms with Crippen molar-refractivity contribution < 1.29 is 9.05 Å². The predicted octanol–water partition coefficient (Wildman–Crippen LogP) is 2.45. The lowest BCUT2D eigenvalue weighted by Gasteiger charge is -1.82. The summed E-state index contributed by atoms with van der Waals surface area (Å²) in [5.74, 6) is 1.14. The molecule has 3 aromatic rings. The van der Waals surface area contributed by atoms with Crippen LogP contribution in [0.2, 0.25) is 0 Å². The highest BCUT2D eigenvalue weighted by atomic mass is 32.1. The summed E-state index contributed by atoms with van der Waals surface area (Å²) in [6, 6.07) is 5.71. The van der Waals surface area contributed by atoms with Gasteiger partial charge in [0, 0.05) is 6.07 Å². The van der Waals surface area contributed by atoms with Gasteiger partial charge in [0.05, 0.1) is 4.88 Å². The van der Waals surface area contributed by atoms with Crippen LogP contribution in [-0.2, 0) is 0 Å².